The largest absolute Gasteiger partial charge is 0.462 e. The number of allylic oxidation sites excluding steroid dienone is 20. The van der Waals surface area contributed by atoms with Gasteiger partial charge >= 0.3 is 17.9 Å². The van der Waals surface area contributed by atoms with Crippen molar-refractivity contribution in [1.82, 2.24) is 0 Å². The van der Waals surface area contributed by atoms with Crippen molar-refractivity contribution in [3.63, 3.8) is 0 Å². The Labute approximate surface area is 418 Å². The van der Waals surface area contributed by atoms with Gasteiger partial charge in [0.15, 0.2) is 6.10 Å². The Morgan fingerprint density at radius 3 is 0.985 bits per heavy atom. The minimum absolute atomic E-state index is 0.115. The Morgan fingerprint density at radius 1 is 0.309 bits per heavy atom. The minimum atomic E-state index is -0.823. The highest BCUT2D eigenvalue weighted by molar-refractivity contribution is 5.71. The molecular weight excluding hydrogens is 841 g/mol. The molecule has 0 aromatic carbocycles. The minimum Gasteiger partial charge on any atom is -0.462 e. The van der Waals surface area contributed by atoms with Crippen LogP contribution < -0.4 is 0 Å². The summed E-state index contributed by atoms with van der Waals surface area (Å²) in [4.78, 5) is 38.1. The number of hydrogen-bond acceptors (Lipinski definition) is 6. The van der Waals surface area contributed by atoms with E-state index < -0.39 is 6.10 Å². The van der Waals surface area contributed by atoms with Gasteiger partial charge in [0.25, 0.3) is 0 Å². The molecule has 0 aliphatic carbocycles. The first-order valence-electron chi connectivity index (χ1n) is 27.5. The number of hydrogen-bond donors (Lipinski definition) is 0. The van der Waals surface area contributed by atoms with Gasteiger partial charge in [-0.15, -0.1) is 0 Å². The first-order valence-corrected chi connectivity index (χ1v) is 27.5. The molecule has 68 heavy (non-hydrogen) atoms. The van der Waals surface area contributed by atoms with Crippen LogP contribution >= 0.6 is 0 Å². The third-order valence-corrected chi connectivity index (χ3v) is 11.2. The van der Waals surface area contributed by atoms with E-state index in [0.717, 1.165) is 128 Å². The molecule has 0 aliphatic rings. The molecule has 0 saturated carbocycles. The zero-order valence-corrected chi connectivity index (χ0v) is 43.8. The van der Waals surface area contributed by atoms with Crippen LogP contribution in [0.4, 0.5) is 0 Å². The molecule has 6 heteroatoms. The summed E-state index contributed by atoms with van der Waals surface area (Å²) < 4.78 is 16.8. The van der Waals surface area contributed by atoms with Crippen molar-refractivity contribution in [3.05, 3.63) is 122 Å². The summed E-state index contributed by atoms with van der Waals surface area (Å²) in [6, 6.07) is 0. The van der Waals surface area contributed by atoms with E-state index in [-0.39, 0.29) is 37.5 Å². The summed E-state index contributed by atoms with van der Waals surface area (Å²) in [6.45, 7) is 6.38. The molecule has 0 fully saturated rings. The summed E-state index contributed by atoms with van der Waals surface area (Å²) in [5.41, 5.74) is 0. The second-order valence-electron chi connectivity index (χ2n) is 17.7. The summed E-state index contributed by atoms with van der Waals surface area (Å²) in [5.74, 6) is -1.00. The quantitative estimate of drug-likeness (QED) is 0.0262. The highest BCUT2D eigenvalue weighted by Crippen LogP contribution is 2.13. The monoisotopic (exact) mass is 941 g/mol. The molecule has 0 heterocycles. The smallest absolute Gasteiger partial charge is 0.306 e. The second-order valence-corrected chi connectivity index (χ2v) is 17.7. The van der Waals surface area contributed by atoms with Crippen LogP contribution in [0, 0.1) is 0 Å². The van der Waals surface area contributed by atoms with E-state index in [1.165, 1.54) is 57.8 Å². The van der Waals surface area contributed by atoms with Gasteiger partial charge in [-0.2, -0.15) is 0 Å². The topological polar surface area (TPSA) is 78.9 Å². The van der Waals surface area contributed by atoms with E-state index in [0.29, 0.717) is 19.3 Å². The van der Waals surface area contributed by atoms with Crippen molar-refractivity contribution in [3.8, 4) is 0 Å². The third-order valence-electron chi connectivity index (χ3n) is 11.2. The number of rotatable bonds is 48. The molecule has 0 saturated heterocycles. The maximum absolute atomic E-state index is 12.8. The lowest BCUT2D eigenvalue weighted by atomic mass is 10.1. The number of ether oxygens (including phenoxy) is 3. The number of unbranched alkanes of at least 4 members (excludes halogenated alkanes) is 17. The van der Waals surface area contributed by atoms with E-state index in [2.05, 4.69) is 142 Å². The van der Waals surface area contributed by atoms with Gasteiger partial charge < -0.3 is 14.2 Å². The molecule has 0 radical (unpaired) electrons. The Morgan fingerprint density at radius 2 is 0.603 bits per heavy atom. The van der Waals surface area contributed by atoms with Gasteiger partial charge in [0.2, 0.25) is 0 Å². The summed E-state index contributed by atoms with van der Waals surface area (Å²) in [5, 5.41) is 0. The van der Waals surface area contributed by atoms with E-state index in [9.17, 15) is 14.4 Å². The maximum atomic E-state index is 12.8. The lowest BCUT2D eigenvalue weighted by Gasteiger charge is -2.18. The highest BCUT2D eigenvalue weighted by Gasteiger charge is 2.19. The molecule has 0 N–H and O–H groups in total. The van der Waals surface area contributed by atoms with Crippen LogP contribution in [0.25, 0.3) is 0 Å². The molecule has 0 aromatic rings. The van der Waals surface area contributed by atoms with Crippen LogP contribution in [0.2, 0.25) is 0 Å². The van der Waals surface area contributed by atoms with Crippen LogP contribution in [0.1, 0.15) is 233 Å². The lowest BCUT2D eigenvalue weighted by Crippen LogP contribution is -2.30. The number of carbonyl (C=O) groups is 3. The molecule has 1 unspecified atom stereocenters. The molecule has 0 amide bonds. The molecule has 384 valence electrons. The van der Waals surface area contributed by atoms with Crippen molar-refractivity contribution in [2.45, 2.75) is 239 Å². The molecule has 0 rings (SSSR count). The van der Waals surface area contributed by atoms with Gasteiger partial charge in [0, 0.05) is 19.3 Å². The summed E-state index contributed by atoms with van der Waals surface area (Å²) >= 11 is 0. The number of carbonyl (C=O) groups excluding carboxylic acids is 3. The summed E-state index contributed by atoms with van der Waals surface area (Å²) in [6.07, 6.45) is 76.1. The van der Waals surface area contributed by atoms with Crippen LogP contribution in [-0.4, -0.2) is 37.2 Å². The SMILES string of the molecule is CC/C=C\C/C=C\C/C=C\C/C=C\C/C=C\CCCC(=O)OC(COC(=O)CCCCCCC/C=C\C/C=C\CCCC)COC(=O)CCCCCCCC/C=C\C/C=C\C/C=C\CCCCC. The van der Waals surface area contributed by atoms with Gasteiger partial charge in [-0.1, -0.05) is 213 Å². The van der Waals surface area contributed by atoms with E-state index >= 15 is 0 Å². The van der Waals surface area contributed by atoms with Crippen molar-refractivity contribution in [2.75, 3.05) is 13.2 Å². The zero-order chi connectivity index (χ0) is 49.3. The normalized spacial score (nSPS) is 13.0. The second kappa shape index (κ2) is 55.4. The summed E-state index contributed by atoms with van der Waals surface area (Å²) in [7, 11) is 0. The van der Waals surface area contributed by atoms with Crippen LogP contribution in [0.3, 0.4) is 0 Å². The molecule has 1 atom stereocenters. The average Bonchev–Trinajstić information content (AvgIpc) is 3.34. The molecule has 0 bridgehead atoms. The van der Waals surface area contributed by atoms with E-state index in [1.807, 2.05) is 0 Å². The van der Waals surface area contributed by atoms with Crippen LogP contribution in [-0.2, 0) is 28.6 Å². The third kappa shape index (κ3) is 52.8. The zero-order valence-electron chi connectivity index (χ0n) is 43.8. The fourth-order valence-corrected chi connectivity index (χ4v) is 7.03. The van der Waals surface area contributed by atoms with Gasteiger partial charge in [-0.3, -0.25) is 14.4 Å². The van der Waals surface area contributed by atoms with Gasteiger partial charge in [0.1, 0.15) is 13.2 Å². The standard InChI is InChI=1S/C62H100O6/c1-4-7-10-13-16-19-22-25-28-30-31-33-34-37-40-43-46-49-52-55-61(64)67-58-59(57-66-60(63)54-51-48-45-42-39-36-27-24-21-18-15-12-9-6-3)68-62(65)56-53-50-47-44-41-38-35-32-29-26-23-20-17-14-11-8-5-2/h8,11,15-20,24-29,31,33,35,38,44,47,59H,4-7,9-10,12-14,21-23,30,32,34,36-37,39-43,45-46,48-58H2,1-3H3/b11-8-,18-15-,19-16-,20-17-,27-24-,28-25-,29-26-,33-31-,38-35-,47-44-. The first-order chi connectivity index (χ1) is 33.5. The van der Waals surface area contributed by atoms with Crippen LogP contribution in [0.15, 0.2) is 122 Å². The molecule has 0 aliphatic heterocycles. The van der Waals surface area contributed by atoms with Crippen molar-refractivity contribution < 1.29 is 28.6 Å². The Balaban J connectivity index is 4.53. The predicted octanol–water partition coefficient (Wildman–Crippen LogP) is 18.5. The molecular formula is C62H100O6. The molecule has 6 nitrogen and oxygen atoms in total. The van der Waals surface area contributed by atoms with Gasteiger partial charge in [-0.05, 0) is 122 Å². The van der Waals surface area contributed by atoms with Crippen molar-refractivity contribution in [1.29, 1.82) is 0 Å². The van der Waals surface area contributed by atoms with Crippen LogP contribution in [0.5, 0.6) is 0 Å². The van der Waals surface area contributed by atoms with Crippen molar-refractivity contribution in [2.24, 2.45) is 0 Å². The Kier molecular flexibility index (Phi) is 52.0. The Bertz CT molecular complexity index is 1450. The van der Waals surface area contributed by atoms with E-state index in [1.54, 1.807) is 0 Å². The average molecular weight is 941 g/mol. The number of esters is 3. The molecule has 0 aromatic heterocycles. The molecule has 0 spiro atoms. The first kappa shape index (κ1) is 63.8. The highest BCUT2D eigenvalue weighted by atomic mass is 16.6. The maximum Gasteiger partial charge on any atom is 0.306 e. The van der Waals surface area contributed by atoms with Gasteiger partial charge in [-0.25, -0.2) is 0 Å². The fraction of sp³-hybridized carbons (Fsp3) is 0.629. The van der Waals surface area contributed by atoms with Gasteiger partial charge in [0.05, 0.1) is 0 Å². The lowest BCUT2D eigenvalue weighted by molar-refractivity contribution is -0.167. The predicted molar refractivity (Wildman–Crippen MR) is 293 cm³/mol. The fourth-order valence-electron chi connectivity index (χ4n) is 7.03. The van der Waals surface area contributed by atoms with E-state index in [4.69, 9.17) is 14.2 Å². The Hall–Kier alpha value is -4.19. The van der Waals surface area contributed by atoms with Crippen molar-refractivity contribution >= 4 is 17.9 Å².